The Morgan fingerprint density at radius 3 is 2.78 bits per heavy atom. The molecule has 1 heterocycles. The molecule has 0 aliphatic heterocycles. The SMILES string of the molecule is C=C/C(=C\C=N)CC1(c2cccc(C#N)c2)c2ccccc2-c2sccc21. The van der Waals surface area contributed by atoms with Crippen LogP contribution in [0.5, 0.6) is 0 Å². The lowest BCUT2D eigenvalue weighted by Gasteiger charge is -2.33. The van der Waals surface area contributed by atoms with Crippen LogP contribution >= 0.6 is 11.3 Å². The van der Waals surface area contributed by atoms with Crippen molar-refractivity contribution in [2.75, 3.05) is 0 Å². The van der Waals surface area contributed by atoms with Gasteiger partial charge in [0.05, 0.1) is 17.0 Å². The molecule has 27 heavy (non-hydrogen) atoms. The van der Waals surface area contributed by atoms with Crippen LogP contribution in [0.3, 0.4) is 0 Å². The van der Waals surface area contributed by atoms with Gasteiger partial charge in [0.25, 0.3) is 0 Å². The predicted molar refractivity (Wildman–Crippen MR) is 112 cm³/mol. The smallest absolute Gasteiger partial charge is 0.0991 e. The largest absolute Gasteiger partial charge is 0.309 e. The Morgan fingerprint density at radius 2 is 2.00 bits per heavy atom. The van der Waals surface area contributed by atoms with E-state index in [9.17, 15) is 5.26 Å². The number of nitrogens with zero attached hydrogens (tertiary/aromatic N) is 1. The van der Waals surface area contributed by atoms with Gasteiger partial charge in [-0.1, -0.05) is 49.1 Å². The first-order valence-electron chi connectivity index (χ1n) is 8.75. The molecule has 0 amide bonds. The highest BCUT2D eigenvalue weighted by molar-refractivity contribution is 7.14. The van der Waals surface area contributed by atoms with Gasteiger partial charge in [0.1, 0.15) is 0 Å². The second-order valence-corrected chi connectivity index (χ2v) is 7.51. The lowest BCUT2D eigenvalue weighted by molar-refractivity contribution is 0.633. The monoisotopic (exact) mass is 366 g/mol. The van der Waals surface area contributed by atoms with E-state index in [0.717, 1.165) is 11.1 Å². The third-order valence-corrected chi connectivity index (χ3v) is 6.22. The minimum atomic E-state index is -0.387. The molecule has 130 valence electrons. The van der Waals surface area contributed by atoms with E-state index in [0.29, 0.717) is 12.0 Å². The highest BCUT2D eigenvalue weighted by Gasteiger charge is 2.45. The molecule has 1 N–H and O–H groups in total. The Bertz CT molecular complexity index is 1110. The molecule has 1 aliphatic rings. The molecule has 0 bridgehead atoms. The minimum absolute atomic E-state index is 0.387. The van der Waals surface area contributed by atoms with Crippen molar-refractivity contribution in [1.29, 1.82) is 10.7 Å². The molecule has 4 rings (SSSR count). The topological polar surface area (TPSA) is 47.6 Å². The molecule has 1 unspecified atom stereocenters. The highest BCUT2D eigenvalue weighted by Crippen LogP contribution is 2.57. The van der Waals surface area contributed by atoms with Gasteiger partial charge < -0.3 is 5.41 Å². The normalized spacial score (nSPS) is 17.7. The molecule has 2 aromatic carbocycles. The van der Waals surface area contributed by atoms with Crippen LogP contribution < -0.4 is 0 Å². The van der Waals surface area contributed by atoms with Gasteiger partial charge in [-0.05, 0) is 63.9 Å². The summed E-state index contributed by atoms with van der Waals surface area (Å²) in [4.78, 5) is 1.28. The van der Waals surface area contributed by atoms with Crippen molar-refractivity contribution in [3.05, 3.63) is 107 Å². The van der Waals surface area contributed by atoms with Crippen molar-refractivity contribution in [1.82, 2.24) is 0 Å². The van der Waals surface area contributed by atoms with Gasteiger partial charge in [-0.15, -0.1) is 11.3 Å². The Morgan fingerprint density at radius 1 is 1.15 bits per heavy atom. The molecule has 0 spiro atoms. The van der Waals surface area contributed by atoms with Gasteiger partial charge >= 0.3 is 0 Å². The molecule has 2 nitrogen and oxygen atoms in total. The molecular formula is C24H18N2S. The zero-order chi connectivity index (χ0) is 18.9. The van der Waals surface area contributed by atoms with Crippen molar-refractivity contribution >= 4 is 17.6 Å². The fourth-order valence-corrected chi connectivity index (χ4v) is 5.14. The number of rotatable bonds is 5. The molecule has 3 aromatic rings. The van der Waals surface area contributed by atoms with Crippen LogP contribution in [0.1, 0.15) is 28.7 Å². The van der Waals surface area contributed by atoms with Crippen LogP contribution in [0, 0.1) is 16.7 Å². The number of nitriles is 1. The van der Waals surface area contributed by atoms with E-state index in [1.165, 1.54) is 27.8 Å². The van der Waals surface area contributed by atoms with Gasteiger partial charge in [0.2, 0.25) is 0 Å². The average Bonchev–Trinajstić information content (AvgIpc) is 3.30. The van der Waals surface area contributed by atoms with Gasteiger partial charge in [-0.25, -0.2) is 0 Å². The molecule has 3 heteroatoms. The number of allylic oxidation sites excluding steroid dienone is 3. The van der Waals surface area contributed by atoms with Crippen LogP contribution in [0.25, 0.3) is 10.4 Å². The summed E-state index contributed by atoms with van der Waals surface area (Å²) in [6.45, 7) is 3.96. The van der Waals surface area contributed by atoms with E-state index in [1.807, 2.05) is 24.3 Å². The Balaban J connectivity index is 2.07. The number of benzene rings is 2. The van der Waals surface area contributed by atoms with Crippen molar-refractivity contribution in [3.8, 4) is 16.5 Å². The van der Waals surface area contributed by atoms with Gasteiger partial charge in [0.15, 0.2) is 0 Å². The fraction of sp³-hybridized carbons (Fsp3) is 0.0833. The molecule has 0 saturated heterocycles. The van der Waals surface area contributed by atoms with E-state index < -0.39 is 0 Å². The number of hydrogen-bond donors (Lipinski definition) is 1. The van der Waals surface area contributed by atoms with Gasteiger partial charge in [-0.3, -0.25) is 0 Å². The maximum absolute atomic E-state index is 9.45. The van der Waals surface area contributed by atoms with Gasteiger partial charge in [-0.2, -0.15) is 5.26 Å². The first-order chi connectivity index (χ1) is 13.2. The van der Waals surface area contributed by atoms with Crippen LogP contribution in [-0.4, -0.2) is 6.21 Å². The predicted octanol–water partition coefficient (Wildman–Crippen LogP) is 6.09. The van der Waals surface area contributed by atoms with Crippen LogP contribution in [0.15, 0.2) is 84.3 Å². The van der Waals surface area contributed by atoms with E-state index in [1.54, 1.807) is 17.4 Å². The molecule has 0 saturated carbocycles. The average molecular weight is 366 g/mol. The summed E-state index contributed by atoms with van der Waals surface area (Å²) >= 11 is 1.75. The molecular weight excluding hydrogens is 348 g/mol. The zero-order valence-corrected chi connectivity index (χ0v) is 15.6. The summed E-state index contributed by atoms with van der Waals surface area (Å²) in [6, 6.07) is 20.9. The summed E-state index contributed by atoms with van der Waals surface area (Å²) in [6.07, 6.45) is 5.64. The summed E-state index contributed by atoms with van der Waals surface area (Å²) in [5.41, 5.74) is 6.14. The Labute approximate surface area is 163 Å². The standard InChI is InChI=1S/C24H18N2S/c1-2-17(10-12-25)15-24(19-7-5-6-18(14-19)16-26)21-9-4-3-8-20(21)23-22(24)11-13-27-23/h2-14,25H,1,15H2/b17-10+,25-12?. The van der Waals surface area contributed by atoms with Crippen molar-refractivity contribution < 1.29 is 0 Å². The maximum Gasteiger partial charge on any atom is 0.0991 e. The van der Waals surface area contributed by atoms with E-state index >= 15 is 0 Å². The molecule has 1 atom stereocenters. The molecule has 0 radical (unpaired) electrons. The number of thiophene rings is 1. The summed E-state index contributed by atoms with van der Waals surface area (Å²) in [5, 5.41) is 19.1. The van der Waals surface area contributed by atoms with E-state index in [2.05, 4.69) is 54.4 Å². The van der Waals surface area contributed by atoms with Crippen LogP contribution in [0.2, 0.25) is 0 Å². The second kappa shape index (κ2) is 6.83. The van der Waals surface area contributed by atoms with Crippen molar-refractivity contribution in [3.63, 3.8) is 0 Å². The minimum Gasteiger partial charge on any atom is -0.309 e. The highest BCUT2D eigenvalue weighted by atomic mass is 32.1. The van der Waals surface area contributed by atoms with Gasteiger partial charge in [0, 0.05) is 11.1 Å². The Hall–Kier alpha value is -3.22. The van der Waals surface area contributed by atoms with Crippen LogP contribution in [0.4, 0.5) is 0 Å². The molecule has 1 aromatic heterocycles. The first-order valence-corrected chi connectivity index (χ1v) is 9.63. The van der Waals surface area contributed by atoms with Crippen molar-refractivity contribution in [2.24, 2.45) is 0 Å². The summed E-state index contributed by atoms with van der Waals surface area (Å²) < 4.78 is 0. The number of hydrogen-bond acceptors (Lipinski definition) is 3. The van der Waals surface area contributed by atoms with Crippen molar-refractivity contribution in [2.45, 2.75) is 11.8 Å². The summed E-state index contributed by atoms with van der Waals surface area (Å²) in [7, 11) is 0. The van der Waals surface area contributed by atoms with E-state index in [4.69, 9.17) is 5.41 Å². The third kappa shape index (κ3) is 2.58. The fourth-order valence-electron chi connectivity index (χ4n) is 4.12. The maximum atomic E-state index is 9.45. The molecule has 1 aliphatic carbocycles. The number of fused-ring (bicyclic) bond motifs is 3. The summed E-state index contributed by atoms with van der Waals surface area (Å²) in [5.74, 6) is 0. The second-order valence-electron chi connectivity index (χ2n) is 6.60. The van der Waals surface area contributed by atoms with E-state index in [-0.39, 0.29) is 5.41 Å². The zero-order valence-electron chi connectivity index (χ0n) is 14.8. The Kier molecular flexibility index (Phi) is 4.35. The lowest BCUT2D eigenvalue weighted by atomic mass is 9.68. The third-order valence-electron chi connectivity index (χ3n) is 5.27. The van der Waals surface area contributed by atoms with Crippen LogP contribution in [-0.2, 0) is 5.41 Å². The number of nitrogens with one attached hydrogen (secondary N) is 1. The lowest BCUT2D eigenvalue weighted by Crippen LogP contribution is -2.27. The molecule has 0 fully saturated rings. The quantitative estimate of drug-likeness (QED) is 0.431. The first kappa shape index (κ1) is 17.2.